The molecule has 2 heterocycles. The number of carbonyl (C=O) groups is 1. The molecule has 7 heteroatoms. The number of carboxylic acid groups (broad SMARTS) is 1. The molecule has 98 valence electrons. The third kappa shape index (κ3) is 2.41. The van der Waals surface area contributed by atoms with E-state index < -0.39 is 22.9 Å². The van der Waals surface area contributed by atoms with Gasteiger partial charge in [0.2, 0.25) is 0 Å². The van der Waals surface area contributed by atoms with Gasteiger partial charge >= 0.3 is 5.97 Å². The van der Waals surface area contributed by atoms with Gasteiger partial charge in [-0.2, -0.15) is 0 Å². The molecule has 0 fully saturated rings. The van der Waals surface area contributed by atoms with E-state index in [2.05, 4.69) is 20.9 Å². The molecule has 0 spiro atoms. The molecule has 0 radical (unpaired) electrons. The standard InChI is InChI=1S/C12H8BrFN2O3/c1-6-10(13)3-9(12(18)19)11(17)16(6)8-2-7(14)4-15-5-8/h2-5H,1H3,(H,18,19). The summed E-state index contributed by atoms with van der Waals surface area (Å²) < 4.78 is 14.7. The molecule has 0 unspecified atom stereocenters. The van der Waals surface area contributed by atoms with Crippen LogP contribution < -0.4 is 5.56 Å². The molecule has 0 bridgehead atoms. The van der Waals surface area contributed by atoms with Crippen molar-refractivity contribution in [2.24, 2.45) is 0 Å². The largest absolute Gasteiger partial charge is 0.477 e. The quantitative estimate of drug-likeness (QED) is 0.917. The number of aromatic nitrogens is 2. The number of aromatic carboxylic acids is 1. The summed E-state index contributed by atoms with van der Waals surface area (Å²) in [4.78, 5) is 26.8. The zero-order chi connectivity index (χ0) is 14.2. The van der Waals surface area contributed by atoms with Gasteiger partial charge in [0.1, 0.15) is 11.4 Å². The number of carboxylic acids is 1. The van der Waals surface area contributed by atoms with Crippen molar-refractivity contribution in [1.82, 2.24) is 9.55 Å². The Bertz CT molecular complexity index is 727. The lowest BCUT2D eigenvalue weighted by molar-refractivity contribution is 0.0694. The van der Waals surface area contributed by atoms with E-state index in [1.807, 2.05) is 0 Å². The van der Waals surface area contributed by atoms with E-state index in [-0.39, 0.29) is 5.69 Å². The highest BCUT2D eigenvalue weighted by atomic mass is 79.9. The van der Waals surface area contributed by atoms with Crippen molar-refractivity contribution in [3.05, 3.63) is 56.4 Å². The highest BCUT2D eigenvalue weighted by molar-refractivity contribution is 9.10. The summed E-state index contributed by atoms with van der Waals surface area (Å²) in [6.07, 6.45) is 2.29. The molecule has 5 nitrogen and oxygen atoms in total. The van der Waals surface area contributed by atoms with Gasteiger partial charge in [-0.3, -0.25) is 14.3 Å². The molecule has 0 aliphatic heterocycles. The van der Waals surface area contributed by atoms with Crippen LogP contribution in [0.15, 0.2) is 33.8 Å². The van der Waals surface area contributed by atoms with Gasteiger partial charge in [0.25, 0.3) is 5.56 Å². The molecule has 2 rings (SSSR count). The molecule has 0 amide bonds. The minimum Gasteiger partial charge on any atom is -0.477 e. The Hall–Kier alpha value is -2.02. The summed E-state index contributed by atoms with van der Waals surface area (Å²) in [7, 11) is 0. The van der Waals surface area contributed by atoms with Crippen molar-refractivity contribution in [1.29, 1.82) is 0 Å². The summed E-state index contributed by atoms with van der Waals surface area (Å²) in [5.41, 5.74) is -0.504. The second-order valence-electron chi connectivity index (χ2n) is 3.80. The van der Waals surface area contributed by atoms with Gasteiger partial charge < -0.3 is 5.11 Å². The second kappa shape index (κ2) is 4.93. The maximum atomic E-state index is 13.2. The first-order valence-electron chi connectivity index (χ1n) is 5.18. The molecule has 1 N–H and O–H groups in total. The molecular weight excluding hydrogens is 319 g/mol. The lowest BCUT2D eigenvalue weighted by atomic mass is 10.2. The Labute approximate surface area is 115 Å². The second-order valence-corrected chi connectivity index (χ2v) is 4.65. The van der Waals surface area contributed by atoms with Crippen molar-refractivity contribution in [3.63, 3.8) is 0 Å². The monoisotopic (exact) mass is 326 g/mol. The van der Waals surface area contributed by atoms with Gasteiger partial charge in [-0.05, 0) is 28.9 Å². The van der Waals surface area contributed by atoms with Crippen LogP contribution in [0.2, 0.25) is 0 Å². The molecule has 0 aliphatic rings. The van der Waals surface area contributed by atoms with E-state index in [4.69, 9.17) is 5.11 Å². The topological polar surface area (TPSA) is 72.2 Å². The first-order chi connectivity index (χ1) is 8.91. The highest BCUT2D eigenvalue weighted by Crippen LogP contribution is 2.18. The summed E-state index contributed by atoms with van der Waals surface area (Å²) in [5.74, 6) is -1.95. The molecule has 0 atom stereocenters. The van der Waals surface area contributed by atoms with E-state index >= 15 is 0 Å². The summed E-state index contributed by atoms with van der Waals surface area (Å²) in [5, 5.41) is 8.98. The fraction of sp³-hybridized carbons (Fsp3) is 0.0833. The third-order valence-corrected chi connectivity index (χ3v) is 3.37. The van der Waals surface area contributed by atoms with Gasteiger partial charge in [-0.25, -0.2) is 9.18 Å². The highest BCUT2D eigenvalue weighted by Gasteiger charge is 2.17. The van der Waals surface area contributed by atoms with Gasteiger partial charge in [-0.15, -0.1) is 0 Å². The fourth-order valence-corrected chi connectivity index (χ4v) is 2.07. The molecule has 0 aliphatic carbocycles. The summed E-state index contributed by atoms with van der Waals surface area (Å²) in [6.45, 7) is 1.61. The lowest BCUT2D eigenvalue weighted by Gasteiger charge is -2.12. The number of pyridine rings is 2. The molecule has 19 heavy (non-hydrogen) atoms. The minimum absolute atomic E-state index is 0.173. The summed E-state index contributed by atoms with van der Waals surface area (Å²) in [6, 6.07) is 2.34. The van der Waals surface area contributed by atoms with Gasteiger partial charge in [-0.1, -0.05) is 0 Å². The van der Waals surface area contributed by atoms with Gasteiger partial charge in [0, 0.05) is 16.2 Å². The Kier molecular flexibility index (Phi) is 3.48. The smallest absolute Gasteiger partial charge is 0.341 e. The first kappa shape index (κ1) is 13.4. The Balaban J connectivity index is 2.83. The minimum atomic E-state index is -1.34. The lowest BCUT2D eigenvalue weighted by Crippen LogP contribution is -2.27. The van der Waals surface area contributed by atoms with Crippen LogP contribution in [0.25, 0.3) is 5.69 Å². The van der Waals surface area contributed by atoms with E-state index in [1.54, 1.807) is 6.92 Å². The molecular formula is C12H8BrFN2O3. The van der Waals surface area contributed by atoms with Crippen LogP contribution in [0.4, 0.5) is 4.39 Å². The Morgan fingerprint density at radius 3 is 2.68 bits per heavy atom. The van der Waals surface area contributed by atoms with Crippen molar-refractivity contribution >= 4 is 21.9 Å². The first-order valence-corrected chi connectivity index (χ1v) is 5.97. The van der Waals surface area contributed by atoms with Crippen LogP contribution in [0.3, 0.4) is 0 Å². The molecule has 2 aromatic rings. The number of rotatable bonds is 2. The number of hydrogen-bond acceptors (Lipinski definition) is 3. The van der Waals surface area contributed by atoms with E-state index in [1.165, 1.54) is 12.3 Å². The van der Waals surface area contributed by atoms with Gasteiger partial charge in [0.05, 0.1) is 18.1 Å². The van der Waals surface area contributed by atoms with E-state index in [0.717, 1.165) is 16.8 Å². The molecule has 2 aromatic heterocycles. The molecule has 0 aromatic carbocycles. The molecule has 0 saturated carbocycles. The van der Waals surface area contributed by atoms with Crippen LogP contribution >= 0.6 is 15.9 Å². The maximum Gasteiger partial charge on any atom is 0.341 e. The zero-order valence-electron chi connectivity index (χ0n) is 9.72. The number of hydrogen-bond donors (Lipinski definition) is 1. The molecule has 0 saturated heterocycles. The normalized spacial score (nSPS) is 10.5. The summed E-state index contributed by atoms with van der Waals surface area (Å²) >= 11 is 3.18. The Morgan fingerprint density at radius 1 is 1.42 bits per heavy atom. The predicted molar refractivity (Wildman–Crippen MR) is 69.2 cm³/mol. The Morgan fingerprint density at radius 2 is 2.11 bits per heavy atom. The van der Waals surface area contributed by atoms with Crippen molar-refractivity contribution < 1.29 is 14.3 Å². The van der Waals surface area contributed by atoms with Crippen LogP contribution in [0.5, 0.6) is 0 Å². The van der Waals surface area contributed by atoms with Crippen molar-refractivity contribution in [2.45, 2.75) is 6.92 Å². The van der Waals surface area contributed by atoms with Crippen LogP contribution in [0, 0.1) is 12.7 Å². The van der Waals surface area contributed by atoms with Gasteiger partial charge in [0.15, 0.2) is 0 Å². The predicted octanol–water partition coefficient (Wildman–Crippen LogP) is 2.14. The van der Waals surface area contributed by atoms with Crippen LogP contribution in [-0.4, -0.2) is 20.6 Å². The van der Waals surface area contributed by atoms with E-state index in [0.29, 0.717) is 10.2 Å². The number of nitrogens with zero attached hydrogens (tertiary/aromatic N) is 2. The van der Waals surface area contributed by atoms with Crippen molar-refractivity contribution in [3.8, 4) is 5.69 Å². The maximum absolute atomic E-state index is 13.2. The fourth-order valence-electron chi connectivity index (χ4n) is 1.66. The van der Waals surface area contributed by atoms with Crippen LogP contribution in [-0.2, 0) is 0 Å². The average Bonchev–Trinajstić information content (AvgIpc) is 2.34. The average molecular weight is 327 g/mol. The van der Waals surface area contributed by atoms with Crippen LogP contribution in [0.1, 0.15) is 16.1 Å². The van der Waals surface area contributed by atoms with Crippen molar-refractivity contribution in [2.75, 3.05) is 0 Å². The zero-order valence-corrected chi connectivity index (χ0v) is 11.3. The SMILES string of the molecule is Cc1c(Br)cc(C(=O)O)c(=O)n1-c1cncc(F)c1. The number of halogens is 2. The van der Waals surface area contributed by atoms with E-state index in [9.17, 15) is 14.0 Å². The third-order valence-electron chi connectivity index (χ3n) is 2.56.